The van der Waals surface area contributed by atoms with Crippen molar-refractivity contribution in [3.8, 4) is 5.75 Å². The molecule has 31 heavy (non-hydrogen) atoms. The molecule has 1 aliphatic heterocycles. The molecule has 1 aliphatic carbocycles. The number of carboxylic acid groups (broad SMARTS) is 1. The fourth-order valence-electron chi connectivity index (χ4n) is 3.96. The summed E-state index contributed by atoms with van der Waals surface area (Å²) in [4.78, 5) is 26.1. The van der Waals surface area contributed by atoms with Crippen LogP contribution in [0.25, 0.3) is 10.9 Å². The van der Waals surface area contributed by atoms with E-state index in [0.717, 1.165) is 24.5 Å². The molecule has 0 spiro atoms. The molecule has 7 nitrogen and oxygen atoms in total. The normalized spacial score (nSPS) is 17.9. The number of hydrogen-bond acceptors (Lipinski definition) is 5. The number of ether oxygens (including phenoxy) is 1. The van der Waals surface area contributed by atoms with Crippen LogP contribution in [0.2, 0.25) is 0 Å². The second-order valence-electron chi connectivity index (χ2n) is 7.67. The van der Waals surface area contributed by atoms with Crippen molar-refractivity contribution in [1.82, 2.24) is 9.88 Å². The van der Waals surface area contributed by atoms with Crippen LogP contribution in [-0.4, -0.2) is 42.9 Å². The van der Waals surface area contributed by atoms with Crippen molar-refractivity contribution < 1.29 is 19.0 Å². The summed E-state index contributed by atoms with van der Waals surface area (Å²) in [7, 11) is 3.24. The Kier molecular flexibility index (Phi) is 5.77. The molecule has 2 N–H and O–H groups in total. The number of nitrogens with zero attached hydrogens (tertiary/aromatic N) is 2. The number of allylic oxidation sites excluding steroid dienone is 1. The molecular weight excluding hydrogens is 425 g/mol. The van der Waals surface area contributed by atoms with E-state index in [1.54, 1.807) is 15.7 Å². The van der Waals surface area contributed by atoms with Gasteiger partial charge in [0.05, 0.1) is 18.0 Å². The number of benzene rings is 1. The molecule has 0 radical (unpaired) electrons. The Labute approximate surface area is 183 Å². The van der Waals surface area contributed by atoms with Gasteiger partial charge in [0.2, 0.25) is 5.43 Å². The Morgan fingerprint density at radius 2 is 2.16 bits per heavy atom. The molecule has 0 atom stereocenters. The van der Waals surface area contributed by atoms with E-state index in [1.807, 2.05) is 13.1 Å². The number of anilines is 1. The summed E-state index contributed by atoms with van der Waals surface area (Å²) in [6, 6.07) is 1.17. The predicted octanol–water partition coefficient (Wildman–Crippen LogP) is 3.62. The van der Waals surface area contributed by atoms with Crippen LogP contribution < -0.4 is 20.4 Å². The van der Waals surface area contributed by atoms with E-state index in [1.165, 1.54) is 13.3 Å². The molecule has 2 heterocycles. The van der Waals surface area contributed by atoms with Crippen molar-refractivity contribution in [2.75, 3.05) is 32.1 Å². The van der Waals surface area contributed by atoms with E-state index in [0.29, 0.717) is 30.1 Å². The molecule has 4 rings (SSSR count). The number of rotatable bonds is 6. The molecule has 0 bridgehead atoms. The first kappa shape index (κ1) is 21.4. The maximum absolute atomic E-state index is 15.3. The van der Waals surface area contributed by atoms with Crippen molar-refractivity contribution in [2.45, 2.75) is 25.3 Å². The van der Waals surface area contributed by atoms with Gasteiger partial charge in [-0.05, 0) is 44.0 Å². The Hall–Kier alpha value is -2.84. The zero-order chi connectivity index (χ0) is 22.3. The third-order valence-electron chi connectivity index (χ3n) is 5.62. The third kappa shape index (κ3) is 3.81. The quantitative estimate of drug-likeness (QED) is 0.703. The molecule has 1 aromatic carbocycles. The molecule has 1 saturated carbocycles. The summed E-state index contributed by atoms with van der Waals surface area (Å²) >= 11 is 6.30. The Morgan fingerprint density at radius 1 is 1.42 bits per heavy atom. The van der Waals surface area contributed by atoms with Gasteiger partial charge in [0, 0.05) is 36.6 Å². The van der Waals surface area contributed by atoms with Crippen LogP contribution >= 0.6 is 11.6 Å². The average molecular weight is 448 g/mol. The van der Waals surface area contributed by atoms with E-state index in [4.69, 9.17) is 16.3 Å². The number of carbonyl (C=O) groups is 1. The number of likely N-dealkylation sites (N-methyl/N-ethyl adjacent to an activating group) is 1. The molecule has 0 saturated heterocycles. The fourth-order valence-corrected chi connectivity index (χ4v) is 4.25. The molecule has 9 heteroatoms. The second kappa shape index (κ2) is 8.36. The lowest BCUT2D eigenvalue weighted by Crippen LogP contribution is -2.25. The fraction of sp³-hybridized carbons (Fsp3) is 0.364. The molecule has 164 valence electrons. The Bertz CT molecular complexity index is 1180. The number of halogens is 2. The summed E-state index contributed by atoms with van der Waals surface area (Å²) in [6.45, 7) is 1.03. The van der Waals surface area contributed by atoms with Crippen molar-refractivity contribution in [3.63, 3.8) is 0 Å². The Morgan fingerprint density at radius 3 is 2.71 bits per heavy atom. The van der Waals surface area contributed by atoms with Gasteiger partial charge in [-0.25, -0.2) is 9.18 Å². The van der Waals surface area contributed by atoms with Gasteiger partial charge in [-0.15, -0.1) is 0 Å². The molecular formula is C22H23ClFN3O4. The zero-order valence-corrected chi connectivity index (χ0v) is 18.0. The first-order valence-electron chi connectivity index (χ1n) is 10.0. The van der Waals surface area contributed by atoms with E-state index in [9.17, 15) is 14.7 Å². The summed E-state index contributed by atoms with van der Waals surface area (Å²) in [5, 5.41) is 13.1. The molecule has 2 aliphatic rings. The SMILES string of the molecule is CNC/C(Cl)=C1/C=CN(c2c(F)cc3c(=O)c(C(=O)O)cn(C4CC4)c3c2OC)CC1. The molecule has 2 aromatic rings. The maximum Gasteiger partial charge on any atom is 0.341 e. The van der Waals surface area contributed by atoms with Gasteiger partial charge in [-0.1, -0.05) is 11.6 Å². The highest BCUT2D eigenvalue weighted by atomic mass is 35.5. The topological polar surface area (TPSA) is 83.8 Å². The third-order valence-corrected chi connectivity index (χ3v) is 5.99. The van der Waals surface area contributed by atoms with Gasteiger partial charge in [-0.2, -0.15) is 0 Å². The largest absolute Gasteiger partial charge is 0.492 e. The highest BCUT2D eigenvalue weighted by Gasteiger charge is 2.31. The first-order valence-corrected chi connectivity index (χ1v) is 10.4. The minimum atomic E-state index is -1.33. The van der Waals surface area contributed by atoms with Crippen LogP contribution in [0.1, 0.15) is 35.7 Å². The molecule has 0 amide bonds. The highest BCUT2D eigenvalue weighted by molar-refractivity contribution is 6.30. The van der Waals surface area contributed by atoms with Crippen LogP contribution in [0.15, 0.2) is 39.9 Å². The van der Waals surface area contributed by atoms with E-state index in [-0.39, 0.29) is 28.4 Å². The highest BCUT2D eigenvalue weighted by Crippen LogP contribution is 2.44. The van der Waals surface area contributed by atoms with Gasteiger partial charge in [0.15, 0.2) is 11.6 Å². The summed E-state index contributed by atoms with van der Waals surface area (Å²) in [5.41, 5.74) is 0.501. The van der Waals surface area contributed by atoms with Crippen LogP contribution in [0.3, 0.4) is 0 Å². The number of aromatic nitrogens is 1. The lowest BCUT2D eigenvalue weighted by atomic mass is 10.1. The van der Waals surface area contributed by atoms with E-state index >= 15 is 4.39 Å². The zero-order valence-electron chi connectivity index (χ0n) is 17.2. The molecule has 0 unspecified atom stereocenters. The Balaban J connectivity index is 1.91. The number of pyridine rings is 1. The van der Waals surface area contributed by atoms with Crippen LogP contribution in [0.5, 0.6) is 5.75 Å². The van der Waals surface area contributed by atoms with Crippen LogP contribution in [-0.2, 0) is 0 Å². The van der Waals surface area contributed by atoms with Crippen LogP contribution in [0.4, 0.5) is 10.1 Å². The van der Waals surface area contributed by atoms with Gasteiger partial charge in [-0.3, -0.25) is 4.79 Å². The van der Waals surface area contributed by atoms with Crippen molar-refractivity contribution in [3.05, 3.63) is 56.7 Å². The van der Waals surface area contributed by atoms with Crippen LogP contribution in [0, 0.1) is 5.82 Å². The van der Waals surface area contributed by atoms with Crippen molar-refractivity contribution in [1.29, 1.82) is 0 Å². The summed E-state index contributed by atoms with van der Waals surface area (Å²) in [5.74, 6) is -1.76. The monoisotopic (exact) mass is 447 g/mol. The number of carboxylic acids is 1. The van der Waals surface area contributed by atoms with Gasteiger partial charge in [0.1, 0.15) is 11.3 Å². The standard InChI is InChI=1S/C22H23ClFN3O4/c1-25-10-16(23)12-5-7-26(8-6-12)19-17(24)9-14-18(21(19)31-2)27(13-3-4-13)11-15(20(14)28)22(29)30/h5,7,9,11,13,25H,3-4,6,8,10H2,1-2H3,(H,29,30)/b16-12+. The molecule has 1 fully saturated rings. The number of aromatic carboxylic acids is 1. The number of nitrogens with one attached hydrogen (secondary N) is 1. The summed E-state index contributed by atoms with van der Waals surface area (Å²) in [6.07, 6.45) is 7.26. The lowest BCUT2D eigenvalue weighted by Gasteiger charge is -2.28. The minimum absolute atomic E-state index is 0.00328. The second-order valence-corrected chi connectivity index (χ2v) is 8.13. The summed E-state index contributed by atoms with van der Waals surface area (Å²) < 4.78 is 22.6. The van der Waals surface area contributed by atoms with E-state index in [2.05, 4.69) is 5.32 Å². The minimum Gasteiger partial charge on any atom is -0.492 e. The number of hydrogen-bond donors (Lipinski definition) is 2. The predicted molar refractivity (Wildman–Crippen MR) is 118 cm³/mol. The average Bonchev–Trinajstić information content (AvgIpc) is 3.59. The molecule has 1 aromatic heterocycles. The first-order chi connectivity index (χ1) is 14.9. The number of fused-ring (bicyclic) bond motifs is 1. The van der Waals surface area contributed by atoms with Gasteiger partial charge < -0.3 is 24.6 Å². The van der Waals surface area contributed by atoms with Crippen molar-refractivity contribution >= 4 is 34.2 Å². The van der Waals surface area contributed by atoms with Crippen molar-refractivity contribution in [2.24, 2.45) is 0 Å². The number of methoxy groups -OCH3 is 1. The lowest BCUT2D eigenvalue weighted by molar-refractivity contribution is 0.0695. The maximum atomic E-state index is 15.3. The van der Waals surface area contributed by atoms with Gasteiger partial charge in [0.25, 0.3) is 0 Å². The van der Waals surface area contributed by atoms with E-state index < -0.39 is 17.2 Å². The van der Waals surface area contributed by atoms with Gasteiger partial charge >= 0.3 is 5.97 Å². The smallest absolute Gasteiger partial charge is 0.341 e.